The number of aromatic nitrogens is 1. The van der Waals surface area contributed by atoms with Crippen LogP contribution in [-0.4, -0.2) is 34.8 Å². The number of hydrogen-bond acceptors (Lipinski definition) is 5. The van der Waals surface area contributed by atoms with Gasteiger partial charge in [-0.25, -0.2) is 4.79 Å². The molecule has 7 heteroatoms. The highest BCUT2D eigenvalue weighted by molar-refractivity contribution is 5.96. The lowest BCUT2D eigenvalue weighted by atomic mass is 9.77. The zero-order valence-corrected chi connectivity index (χ0v) is 11.5. The fraction of sp³-hybridized carbons (Fsp3) is 0.615. The Kier molecular flexibility index (Phi) is 3.96. The number of amides is 1. The van der Waals surface area contributed by atoms with E-state index >= 15 is 0 Å². The maximum absolute atomic E-state index is 12.1. The Morgan fingerprint density at radius 1 is 1.50 bits per heavy atom. The van der Waals surface area contributed by atoms with E-state index in [2.05, 4.69) is 17.4 Å². The molecule has 1 aromatic heterocycles. The zero-order valence-electron chi connectivity index (χ0n) is 11.5. The average molecular weight is 282 g/mol. The predicted molar refractivity (Wildman–Crippen MR) is 68.5 cm³/mol. The van der Waals surface area contributed by atoms with Gasteiger partial charge in [0.25, 0.3) is 11.8 Å². The number of aliphatic carboxylic acids is 1. The number of nitrogens with zero attached hydrogens (tertiary/aromatic N) is 1. The van der Waals surface area contributed by atoms with E-state index in [0.717, 1.165) is 12.8 Å². The number of carbonyl (C=O) groups excluding carboxylic acids is 1. The van der Waals surface area contributed by atoms with Gasteiger partial charge < -0.3 is 19.7 Å². The van der Waals surface area contributed by atoms with Crippen molar-refractivity contribution in [1.29, 1.82) is 0 Å². The number of nitrogens with one attached hydrogen (secondary N) is 1. The molecule has 1 heterocycles. The number of carboxylic acid groups (broad SMARTS) is 1. The summed E-state index contributed by atoms with van der Waals surface area (Å²) in [6.07, 6.45) is 2.37. The van der Waals surface area contributed by atoms with E-state index in [1.54, 1.807) is 0 Å². The summed E-state index contributed by atoms with van der Waals surface area (Å²) in [7, 11) is 1.40. The molecule has 1 aromatic rings. The van der Waals surface area contributed by atoms with E-state index in [0.29, 0.717) is 18.8 Å². The second-order valence-electron chi connectivity index (χ2n) is 5.26. The van der Waals surface area contributed by atoms with Gasteiger partial charge in [0.05, 0.1) is 13.2 Å². The molecule has 0 radical (unpaired) electrons. The summed E-state index contributed by atoms with van der Waals surface area (Å²) in [6.45, 7) is 2.08. The Bertz CT molecular complexity index is 503. The Labute approximate surface area is 116 Å². The fourth-order valence-corrected chi connectivity index (χ4v) is 2.39. The molecule has 110 valence electrons. The molecule has 2 rings (SSSR count). The summed E-state index contributed by atoms with van der Waals surface area (Å²) < 4.78 is 9.65. The molecule has 1 fully saturated rings. The van der Waals surface area contributed by atoms with E-state index in [1.807, 2.05) is 0 Å². The van der Waals surface area contributed by atoms with Crippen LogP contribution in [0, 0.1) is 5.92 Å². The Morgan fingerprint density at radius 3 is 2.65 bits per heavy atom. The first-order valence-corrected chi connectivity index (χ1v) is 6.53. The molecule has 0 atom stereocenters. The monoisotopic (exact) mass is 282 g/mol. The van der Waals surface area contributed by atoms with Crippen molar-refractivity contribution in [3.8, 4) is 5.88 Å². The third-order valence-electron chi connectivity index (χ3n) is 3.81. The molecule has 1 amide bonds. The smallest absolute Gasteiger partial charge is 0.329 e. The second-order valence-corrected chi connectivity index (χ2v) is 5.26. The molecule has 0 spiro atoms. The summed E-state index contributed by atoms with van der Waals surface area (Å²) in [5.74, 6) is -0.996. The van der Waals surface area contributed by atoms with Gasteiger partial charge in [0.1, 0.15) is 5.54 Å². The SMILES string of the molecule is COc1cc(C(=O)NC2(C(=O)O)CCC(C)CC2)on1. The molecule has 0 aromatic carbocycles. The van der Waals surface area contributed by atoms with Gasteiger partial charge in [-0.15, -0.1) is 0 Å². The molecule has 1 saturated carbocycles. The van der Waals surface area contributed by atoms with Gasteiger partial charge in [-0.3, -0.25) is 4.79 Å². The topological polar surface area (TPSA) is 102 Å². The number of hydrogen-bond donors (Lipinski definition) is 2. The minimum atomic E-state index is -1.22. The fourth-order valence-electron chi connectivity index (χ4n) is 2.39. The first kappa shape index (κ1) is 14.4. The Morgan fingerprint density at radius 2 is 2.15 bits per heavy atom. The van der Waals surface area contributed by atoms with Crippen molar-refractivity contribution in [2.75, 3.05) is 7.11 Å². The van der Waals surface area contributed by atoms with Crippen molar-refractivity contribution < 1.29 is 24.0 Å². The molecule has 0 aliphatic heterocycles. The van der Waals surface area contributed by atoms with Crippen molar-refractivity contribution in [2.45, 2.75) is 38.1 Å². The van der Waals surface area contributed by atoms with Gasteiger partial charge in [0.15, 0.2) is 0 Å². The summed E-state index contributed by atoms with van der Waals surface area (Å²) in [5.41, 5.74) is -1.22. The highest BCUT2D eigenvalue weighted by Gasteiger charge is 2.43. The lowest BCUT2D eigenvalue weighted by molar-refractivity contribution is -0.146. The molecular formula is C13H18N2O5. The van der Waals surface area contributed by atoms with Crippen LogP contribution < -0.4 is 10.1 Å². The number of carboxylic acids is 1. The summed E-state index contributed by atoms with van der Waals surface area (Å²) >= 11 is 0. The minimum absolute atomic E-state index is 0.0545. The minimum Gasteiger partial charge on any atom is -0.480 e. The molecule has 0 unspecified atom stereocenters. The van der Waals surface area contributed by atoms with Crippen LogP contribution in [0.2, 0.25) is 0 Å². The normalized spacial score (nSPS) is 26.0. The van der Waals surface area contributed by atoms with E-state index < -0.39 is 17.4 Å². The van der Waals surface area contributed by atoms with Crippen LogP contribution in [0.5, 0.6) is 5.88 Å². The molecule has 7 nitrogen and oxygen atoms in total. The van der Waals surface area contributed by atoms with Gasteiger partial charge in [-0.2, -0.15) is 0 Å². The van der Waals surface area contributed by atoms with Gasteiger partial charge in [0, 0.05) is 0 Å². The zero-order chi connectivity index (χ0) is 14.8. The lowest BCUT2D eigenvalue weighted by Gasteiger charge is -2.36. The second kappa shape index (κ2) is 5.52. The van der Waals surface area contributed by atoms with Crippen molar-refractivity contribution in [1.82, 2.24) is 10.5 Å². The van der Waals surface area contributed by atoms with Crippen molar-refractivity contribution >= 4 is 11.9 Å². The van der Waals surface area contributed by atoms with Gasteiger partial charge in [0.2, 0.25) is 5.76 Å². The van der Waals surface area contributed by atoms with Crippen LogP contribution in [0.15, 0.2) is 10.6 Å². The maximum Gasteiger partial charge on any atom is 0.329 e. The first-order valence-electron chi connectivity index (χ1n) is 6.53. The van der Waals surface area contributed by atoms with Crippen molar-refractivity contribution in [3.63, 3.8) is 0 Å². The standard InChI is InChI=1S/C13H18N2O5/c1-8-3-5-13(6-4-8,12(17)18)14-11(16)9-7-10(19-2)15-20-9/h7-8H,3-6H2,1-2H3,(H,14,16)(H,17,18). The first-order chi connectivity index (χ1) is 9.47. The van der Waals surface area contributed by atoms with Crippen LogP contribution in [0.1, 0.15) is 43.2 Å². The number of ether oxygens (including phenoxy) is 1. The molecule has 1 aliphatic rings. The van der Waals surface area contributed by atoms with E-state index in [-0.39, 0.29) is 11.6 Å². The summed E-state index contributed by atoms with van der Waals surface area (Å²) in [4.78, 5) is 23.6. The van der Waals surface area contributed by atoms with Crippen molar-refractivity contribution in [3.05, 3.63) is 11.8 Å². The predicted octanol–water partition coefficient (Wildman–Crippen LogP) is 1.45. The lowest BCUT2D eigenvalue weighted by Crippen LogP contribution is -2.56. The number of methoxy groups -OCH3 is 1. The van der Waals surface area contributed by atoms with Crippen LogP contribution in [0.3, 0.4) is 0 Å². The summed E-state index contributed by atoms with van der Waals surface area (Å²) in [5, 5.41) is 15.5. The Hall–Kier alpha value is -2.05. The molecule has 20 heavy (non-hydrogen) atoms. The quantitative estimate of drug-likeness (QED) is 0.866. The number of carbonyl (C=O) groups is 2. The van der Waals surface area contributed by atoms with Crippen LogP contribution >= 0.6 is 0 Å². The van der Waals surface area contributed by atoms with E-state index in [1.165, 1.54) is 13.2 Å². The van der Waals surface area contributed by atoms with Crippen LogP contribution in [0.25, 0.3) is 0 Å². The highest BCUT2D eigenvalue weighted by atomic mass is 16.5. The van der Waals surface area contributed by atoms with Gasteiger partial charge in [-0.1, -0.05) is 6.92 Å². The highest BCUT2D eigenvalue weighted by Crippen LogP contribution is 2.32. The van der Waals surface area contributed by atoms with E-state index in [4.69, 9.17) is 9.26 Å². The van der Waals surface area contributed by atoms with Gasteiger partial charge >= 0.3 is 5.97 Å². The molecule has 0 saturated heterocycles. The van der Waals surface area contributed by atoms with Crippen LogP contribution in [0.4, 0.5) is 0 Å². The largest absolute Gasteiger partial charge is 0.480 e. The molecule has 2 N–H and O–H groups in total. The molecule has 0 bridgehead atoms. The average Bonchev–Trinajstić information content (AvgIpc) is 2.90. The van der Waals surface area contributed by atoms with E-state index in [9.17, 15) is 14.7 Å². The maximum atomic E-state index is 12.1. The van der Waals surface area contributed by atoms with Gasteiger partial charge in [-0.05, 0) is 36.8 Å². The molecular weight excluding hydrogens is 264 g/mol. The summed E-state index contributed by atoms with van der Waals surface area (Å²) in [6, 6.07) is 1.33. The third kappa shape index (κ3) is 2.76. The van der Waals surface area contributed by atoms with Crippen LogP contribution in [-0.2, 0) is 4.79 Å². The molecule has 1 aliphatic carbocycles. The Balaban J connectivity index is 2.12. The third-order valence-corrected chi connectivity index (χ3v) is 3.81. The number of rotatable bonds is 4. The van der Waals surface area contributed by atoms with Crippen molar-refractivity contribution in [2.24, 2.45) is 5.92 Å².